The number of nitrogens with zero attached hydrogens (tertiary/aromatic N) is 1. The third kappa shape index (κ3) is 6.15. The van der Waals surface area contributed by atoms with Crippen molar-refractivity contribution in [1.29, 1.82) is 0 Å². The minimum atomic E-state index is -0.427. The number of carbonyl (C=O) groups is 1. The molecule has 0 bridgehead atoms. The van der Waals surface area contributed by atoms with Crippen LogP contribution in [0.1, 0.15) is 57.9 Å². The normalized spacial score (nSPS) is 20.3. The van der Waals surface area contributed by atoms with Crippen molar-refractivity contribution in [1.82, 2.24) is 4.90 Å². The average molecular weight is 340 g/mol. The van der Waals surface area contributed by atoms with Gasteiger partial charge in [0.15, 0.2) is 0 Å². The molecule has 1 amide bonds. The van der Waals surface area contributed by atoms with Gasteiger partial charge in [0, 0.05) is 24.6 Å². The Hall–Kier alpha value is -1.07. The van der Waals surface area contributed by atoms with E-state index in [1.165, 1.54) is 4.88 Å². The van der Waals surface area contributed by atoms with Crippen LogP contribution < -0.4 is 0 Å². The first-order valence-corrected chi connectivity index (χ1v) is 9.36. The van der Waals surface area contributed by atoms with Gasteiger partial charge in [0.25, 0.3) is 0 Å². The molecule has 5 heteroatoms. The molecule has 1 saturated heterocycles. The van der Waals surface area contributed by atoms with Gasteiger partial charge in [-0.05, 0) is 64.3 Å². The van der Waals surface area contributed by atoms with E-state index < -0.39 is 5.60 Å². The van der Waals surface area contributed by atoms with Crippen LogP contribution in [0.5, 0.6) is 0 Å². The number of rotatable bonds is 5. The van der Waals surface area contributed by atoms with Gasteiger partial charge < -0.3 is 14.4 Å². The summed E-state index contributed by atoms with van der Waals surface area (Å²) in [7, 11) is 0. The quantitative estimate of drug-likeness (QED) is 0.769. The maximum Gasteiger partial charge on any atom is 0.410 e. The van der Waals surface area contributed by atoms with Crippen molar-refractivity contribution >= 4 is 17.4 Å². The van der Waals surface area contributed by atoms with Crippen LogP contribution in [0, 0.1) is 5.92 Å². The fourth-order valence-corrected chi connectivity index (χ4v) is 3.54. The average Bonchev–Trinajstić information content (AvgIpc) is 3.00. The van der Waals surface area contributed by atoms with Gasteiger partial charge in [-0.3, -0.25) is 0 Å². The molecule has 0 N–H and O–H groups in total. The van der Waals surface area contributed by atoms with E-state index in [4.69, 9.17) is 9.47 Å². The Kier molecular flexibility index (Phi) is 6.48. The summed E-state index contributed by atoms with van der Waals surface area (Å²) in [5.74, 6) is 0.506. The van der Waals surface area contributed by atoms with Crippen LogP contribution in [0.25, 0.3) is 0 Å². The van der Waals surface area contributed by atoms with Crippen LogP contribution in [-0.4, -0.2) is 36.3 Å². The van der Waals surface area contributed by atoms with E-state index >= 15 is 0 Å². The molecular weight excluding hydrogens is 310 g/mol. The van der Waals surface area contributed by atoms with Gasteiger partial charge in [-0.15, -0.1) is 11.3 Å². The maximum atomic E-state index is 12.2. The summed E-state index contributed by atoms with van der Waals surface area (Å²) >= 11 is 1.73. The van der Waals surface area contributed by atoms with E-state index in [1.807, 2.05) is 25.7 Å². The minimum absolute atomic E-state index is 0.153. The van der Waals surface area contributed by atoms with Crippen molar-refractivity contribution in [2.24, 2.45) is 5.92 Å². The van der Waals surface area contributed by atoms with Gasteiger partial charge in [0.05, 0.1) is 6.10 Å². The number of ether oxygens (including phenoxy) is 2. The molecule has 0 spiro atoms. The third-order valence-electron chi connectivity index (χ3n) is 4.01. The van der Waals surface area contributed by atoms with Crippen LogP contribution in [0.4, 0.5) is 4.79 Å². The van der Waals surface area contributed by atoms with Crippen molar-refractivity contribution in [3.8, 4) is 0 Å². The monoisotopic (exact) mass is 339 g/mol. The molecular formula is C18H29NO3S. The molecule has 2 rings (SSSR count). The first-order valence-electron chi connectivity index (χ1n) is 8.48. The van der Waals surface area contributed by atoms with E-state index in [9.17, 15) is 4.79 Å². The summed E-state index contributed by atoms with van der Waals surface area (Å²) in [5.41, 5.74) is -0.427. The highest BCUT2D eigenvalue weighted by molar-refractivity contribution is 7.10. The third-order valence-corrected chi connectivity index (χ3v) is 5.04. The van der Waals surface area contributed by atoms with Crippen molar-refractivity contribution in [2.75, 3.05) is 19.7 Å². The SMILES string of the molecule is C[C@@H](OCC[C@H]1CCCN(C(=O)OC(C)(C)C)C1)c1cccs1. The van der Waals surface area contributed by atoms with Crippen LogP contribution in [0.15, 0.2) is 17.5 Å². The first-order chi connectivity index (χ1) is 10.8. The molecule has 1 aliphatic heterocycles. The molecule has 0 saturated carbocycles. The summed E-state index contributed by atoms with van der Waals surface area (Å²) < 4.78 is 11.4. The van der Waals surface area contributed by atoms with E-state index in [-0.39, 0.29) is 12.2 Å². The summed E-state index contributed by atoms with van der Waals surface area (Å²) in [6.45, 7) is 10.2. The van der Waals surface area contributed by atoms with Crippen molar-refractivity contribution in [3.05, 3.63) is 22.4 Å². The number of amides is 1. The Labute approximate surface area is 143 Å². The van der Waals surface area contributed by atoms with Gasteiger partial charge >= 0.3 is 6.09 Å². The number of carbonyl (C=O) groups excluding carboxylic acids is 1. The number of thiophene rings is 1. The van der Waals surface area contributed by atoms with E-state index in [0.29, 0.717) is 5.92 Å². The topological polar surface area (TPSA) is 38.8 Å². The standard InChI is InChI=1S/C18H29NO3S/c1-14(16-8-6-12-23-16)21-11-9-15-7-5-10-19(13-15)17(20)22-18(2,3)4/h6,8,12,14-15H,5,7,9-11,13H2,1-4H3/t14-,15-/m1/s1. The smallest absolute Gasteiger partial charge is 0.410 e. The highest BCUT2D eigenvalue weighted by Crippen LogP contribution is 2.25. The van der Waals surface area contributed by atoms with E-state index in [1.54, 1.807) is 11.3 Å². The molecule has 1 aromatic rings. The highest BCUT2D eigenvalue weighted by Gasteiger charge is 2.27. The molecule has 2 heterocycles. The molecule has 2 atom stereocenters. The summed E-state index contributed by atoms with van der Waals surface area (Å²) in [5, 5.41) is 2.08. The van der Waals surface area contributed by atoms with Crippen LogP contribution in [0.2, 0.25) is 0 Å². The fourth-order valence-electron chi connectivity index (χ4n) is 2.81. The Morgan fingerprint density at radius 2 is 2.26 bits per heavy atom. The molecule has 23 heavy (non-hydrogen) atoms. The predicted molar refractivity (Wildman–Crippen MR) is 93.8 cm³/mol. The zero-order valence-electron chi connectivity index (χ0n) is 14.7. The molecule has 0 unspecified atom stereocenters. The lowest BCUT2D eigenvalue weighted by Gasteiger charge is -2.34. The van der Waals surface area contributed by atoms with Gasteiger partial charge in [-0.2, -0.15) is 0 Å². The number of hydrogen-bond donors (Lipinski definition) is 0. The van der Waals surface area contributed by atoms with Gasteiger partial charge in [-0.25, -0.2) is 4.79 Å². The first kappa shape index (κ1) is 18.3. The molecule has 0 radical (unpaired) electrons. The van der Waals surface area contributed by atoms with Crippen molar-refractivity contribution in [3.63, 3.8) is 0 Å². The zero-order chi connectivity index (χ0) is 16.9. The van der Waals surface area contributed by atoms with E-state index in [2.05, 4.69) is 24.4 Å². The van der Waals surface area contributed by atoms with Crippen LogP contribution >= 0.6 is 11.3 Å². The molecule has 4 nitrogen and oxygen atoms in total. The molecule has 1 aliphatic rings. The van der Waals surface area contributed by atoms with Crippen molar-refractivity contribution < 1.29 is 14.3 Å². The lowest BCUT2D eigenvalue weighted by Crippen LogP contribution is -2.43. The highest BCUT2D eigenvalue weighted by atomic mass is 32.1. The minimum Gasteiger partial charge on any atom is -0.444 e. The fraction of sp³-hybridized carbons (Fsp3) is 0.722. The second-order valence-electron chi connectivity index (χ2n) is 7.25. The van der Waals surface area contributed by atoms with Gasteiger partial charge in [0.2, 0.25) is 0 Å². The lowest BCUT2D eigenvalue weighted by atomic mass is 9.95. The van der Waals surface area contributed by atoms with Crippen LogP contribution in [-0.2, 0) is 9.47 Å². The van der Waals surface area contributed by atoms with Crippen molar-refractivity contribution in [2.45, 2.75) is 58.7 Å². The van der Waals surface area contributed by atoms with Gasteiger partial charge in [0.1, 0.15) is 5.60 Å². The second kappa shape index (κ2) is 8.15. The Morgan fingerprint density at radius 3 is 2.91 bits per heavy atom. The molecule has 1 aromatic heterocycles. The maximum absolute atomic E-state index is 12.2. The lowest BCUT2D eigenvalue weighted by molar-refractivity contribution is 0.0109. The second-order valence-corrected chi connectivity index (χ2v) is 8.23. The molecule has 0 aromatic carbocycles. The summed E-state index contributed by atoms with van der Waals surface area (Å²) in [6.07, 6.45) is 3.17. The number of hydrogen-bond acceptors (Lipinski definition) is 4. The predicted octanol–water partition coefficient (Wildman–Crippen LogP) is 4.86. The number of piperidine rings is 1. The van der Waals surface area contributed by atoms with Crippen LogP contribution in [0.3, 0.4) is 0 Å². The zero-order valence-corrected chi connectivity index (χ0v) is 15.5. The van der Waals surface area contributed by atoms with Gasteiger partial charge in [-0.1, -0.05) is 6.07 Å². The molecule has 130 valence electrons. The summed E-state index contributed by atoms with van der Waals surface area (Å²) in [4.78, 5) is 15.3. The Bertz CT molecular complexity index is 481. The Balaban J connectivity index is 1.72. The number of likely N-dealkylation sites (tertiary alicyclic amines) is 1. The largest absolute Gasteiger partial charge is 0.444 e. The molecule has 1 fully saturated rings. The Morgan fingerprint density at radius 1 is 1.48 bits per heavy atom. The molecule has 0 aliphatic carbocycles. The summed E-state index contributed by atoms with van der Waals surface area (Å²) in [6, 6.07) is 4.17. The van der Waals surface area contributed by atoms with E-state index in [0.717, 1.165) is 39.0 Å².